The second kappa shape index (κ2) is 8.76. The van der Waals surface area contributed by atoms with Crippen molar-refractivity contribution in [1.29, 1.82) is 0 Å². The molecule has 1 rings (SSSR count). The molecule has 20 heavy (non-hydrogen) atoms. The fourth-order valence-electron chi connectivity index (χ4n) is 1.87. The maximum atomic E-state index is 12.3. The van der Waals surface area contributed by atoms with Gasteiger partial charge in [-0.1, -0.05) is 6.92 Å². The highest BCUT2D eigenvalue weighted by Crippen LogP contribution is 2.05. The number of ether oxygens (including phenoxy) is 1. The van der Waals surface area contributed by atoms with Gasteiger partial charge in [0.1, 0.15) is 0 Å². The van der Waals surface area contributed by atoms with Crippen LogP contribution in [0.3, 0.4) is 0 Å². The van der Waals surface area contributed by atoms with E-state index >= 15 is 0 Å². The van der Waals surface area contributed by atoms with Crippen molar-refractivity contribution in [3.8, 4) is 0 Å². The number of carbonyl (C=O) groups is 1. The van der Waals surface area contributed by atoms with E-state index in [1.807, 2.05) is 34.8 Å². The standard InChI is InChI=1S/C15H27N3O2/c1-5-13(2)16-11-15(19)18(9-10-20-4)12-14-7-6-8-17(14)3/h6-8,13,16H,5,9-12H2,1-4H3. The first kappa shape index (κ1) is 16.7. The summed E-state index contributed by atoms with van der Waals surface area (Å²) in [5.41, 5.74) is 1.12. The van der Waals surface area contributed by atoms with E-state index in [1.165, 1.54) is 0 Å². The number of methoxy groups -OCH3 is 1. The first-order chi connectivity index (χ1) is 9.58. The summed E-state index contributed by atoms with van der Waals surface area (Å²) < 4.78 is 7.13. The monoisotopic (exact) mass is 281 g/mol. The van der Waals surface area contributed by atoms with Gasteiger partial charge in [0, 0.05) is 38.6 Å². The highest BCUT2D eigenvalue weighted by Gasteiger charge is 2.15. The Morgan fingerprint density at radius 3 is 2.85 bits per heavy atom. The Hall–Kier alpha value is -1.33. The molecule has 5 heteroatoms. The molecule has 1 aromatic heterocycles. The quantitative estimate of drug-likeness (QED) is 0.744. The van der Waals surface area contributed by atoms with E-state index in [-0.39, 0.29) is 5.91 Å². The zero-order valence-corrected chi connectivity index (χ0v) is 13.1. The molecule has 1 aromatic rings. The average Bonchev–Trinajstić information content (AvgIpc) is 2.85. The van der Waals surface area contributed by atoms with E-state index in [2.05, 4.69) is 19.2 Å². The lowest BCUT2D eigenvalue weighted by molar-refractivity contribution is -0.131. The van der Waals surface area contributed by atoms with E-state index in [0.717, 1.165) is 12.1 Å². The Kier molecular flexibility index (Phi) is 7.33. The maximum Gasteiger partial charge on any atom is 0.236 e. The van der Waals surface area contributed by atoms with Gasteiger partial charge >= 0.3 is 0 Å². The van der Waals surface area contributed by atoms with Crippen LogP contribution in [0.2, 0.25) is 0 Å². The summed E-state index contributed by atoms with van der Waals surface area (Å²) in [6.45, 7) is 6.36. The van der Waals surface area contributed by atoms with Crippen LogP contribution in [0.25, 0.3) is 0 Å². The zero-order valence-electron chi connectivity index (χ0n) is 13.1. The number of hydrogen-bond donors (Lipinski definition) is 1. The molecule has 0 aromatic carbocycles. The predicted octanol–water partition coefficient (Wildman–Crippen LogP) is 1.39. The minimum atomic E-state index is 0.114. The third kappa shape index (κ3) is 5.35. The Balaban J connectivity index is 2.58. The highest BCUT2D eigenvalue weighted by molar-refractivity contribution is 5.78. The molecule has 1 unspecified atom stereocenters. The average molecular weight is 281 g/mol. The molecular formula is C15H27N3O2. The fraction of sp³-hybridized carbons (Fsp3) is 0.667. The molecule has 0 aliphatic carbocycles. The minimum Gasteiger partial charge on any atom is -0.383 e. The Morgan fingerprint density at radius 2 is 2.30 bits per heavy atom. The van der Waals surface area contributed by atoms with Crippen LogP contribution < -0.4 is 5.32 Å². The lowest BCUT2D eigenvalue weighted by Crippen LogP contribution is -2.42. The molecule has 1 atom stereocenters. The van der Waals surface area contributed by atoms with E-state index in [9.17, 15) is 4.79 Å². The molecule has 0 bridgehead atoms. The number of carbonyl (C=O) groups excluding carboxylic acids is 1. The summed E-state index contributed by atoms with van der Waals surface area (Å²) in [5, 5.41) is 3.24. The van der Waals surface area contributed by atoms with Crippen molar-refractivity contribution in [3.63, 3.8) is 0 Å². The van der Waals surface area contributed by atoms with Crippen molar-refractivity contribution in [1.82, 2.24) is 14.8 Å². The van der Waals surface area contributed by atoms with Crippen molar-refractivity contribution in [2.45, 2.75) is 32.9 Å². The fourth-order valence-corrected chi connectivity index (χ4v) is 1.87. The van der Waals surface area contributed by atoms with Crippen LogP contribution in [-0.2, 0) is 23.1 Å². The first-order valence-electron chi connectivity index (χ1n) is 7.18. The number of aromatic nitrogens is 1. The van der Waals surface area contributed by atoms with E-state index in [4.69, 9.17) is 4.74 Å². The van der Waals surface area contributed by atoms with Gasteiger partial charge < -0.3 is 19.5 Å². The van der Waals surface area contributed by atoms with Gasteiger partial charge in [-0.05, 0) is 25.5 Å². The lowest BCUT2D eigenvalue weighted by Gasteiger charge is -2.24. The van der Waals surface area contributed by atoms with E-state index in [1.54, 1.807) is 7.11 Å². The summed E-state index contributed by atoms with van der Waals surface area (Å²) in [4.78, 5) is 14.1. The molecule has 1 heterocycles. The summed E-state index contributed by atoms with van der Waals surface area (Å²) in [6.07, 6.45) is 3.01. The summed E-state index contributed by atoms with van der Waals surface area (Å²) in [6, 6.07) is 4.39. The number of rotatable bonds is 9. The third-order valence-electron chi connectivity index (χ3n) is 3.54. The maximum absolute atomic E-state index is 12.3. The molecule has 0 saturated carbocycles. The zero-order chi connectivity index (χ0) is 15.0. The van der Waals surface area contributed by atoms with Gasteiger partial charge in [-0.25, -0.2) is 0 Å². The number of hydrogen-bond acceptors (Lipinski definition) is 3. The van der Waals surface area contributed by atoms with Gasteiger partial charge in [0.05, 0.1) is 19.7 Å². The van der Waals surface area contributed by atoms with Gasteiger partial charge in [-0.2, -0.15) is 0 Å². The third-order valence-corrected chi connectivity index (χ3v) is 3.54. The van der Waals surface area contributed by atoms with Gasteiger partial charge in [0.15, 0.2) is 0 Å². The molecule has 1 N–H and O–H groups in total. The van der Waals surface area contributed by atoms with Crippen molar-refractivity contribution >= 4 is 5.91 Å². The van der Waals surface area contributed by atoms with Crippen molar-refractivity contribution in [2.24, 2.45) is 7.05 Å². The van der Waals surface area contributed by atoms with Gasteiger partial charge in [0.25, 0.3) is 0 Å². The first-order valence-corrected chi connectivity index (χ1v) is 7.18. The minimum absolute atomic E-state index is 0.114. The van der Waals surface area contributed by atoms with Crippen molar-refractivity contribution in [2.75, 3.05) is 26.8 Å². The molecule has 0 radical (unpaired) electrons. The second-order valence-electron chi connectivity index (χ2n) is 5.11. The van der Waals surface area contributed by atoms with Crippen LogP contribution >= 0.6 is 0 Å². The largest absolute Gasteiger partial charge is 0.383 e. The number of amides is 1. The lowest BCUT2D eigenvalue weighted by atomic mass is 10.2. The molecule has 0 fully saturated rings. The normalized spacial score (nSPS) is 12.4. The van der Waals surface area contributed by atoms with Crippen LogP contribution in [0, 0.1) is 0 Å². The smallest absolute Gasteiger partial charge is 0.236 e. The Bertz CT molecular complexity index is 404. The summed E-state index contributed by atoms with van der Waals surface area (Å²) in [7, 11) is 3.65. The van der Waals surface area contributed by atoms with E-state index in [0.29, 0.717) is 32.3 Å². The molecule has 114 valence electrons. The number of nitrogens with zero attached hydrogens (tertiary/aromatic N) is 2. The molecule has 0 aliphatic rings. The van der Waals surface area contributed by atoms with Crippen LogP contribution in [0.4, 0.5) is 0 Å². The molecular weight excluding hydrogens is 254 g/mol. The van der Waals surface area contributed by atoms with Crippen LogP contribution in [-0.4, -0.2) is 48.2 Å². The molecule has 5 nitrogen and oxygen atoms in total. The Labute approximate surface area is 121 Å². The van der Waals surface area contributed by atoms with Crippen LogP contribution in [0.1, 0.15) is 26.0 Å². The SMILES string of the molecule is CCC(C)NCC(=O)N(CCOC)Cc1cccn1C. The molecule has 0 saturated heterocycles. The van der Waals surface area contributed by atoms with Gasteiger partial charge in [-0.3, -0.25) is 4.79 Å². The highest BCUT2D eigenvalue weighted by atomic mass is 16.5. The summed E-state index contributed by atoms with van der Waals surface area (Å²) in [5.74, 6) is 0.114. The van der Waals surface area contributed by atoms with Crippen molar-refractivity contribution < 1.29 is 9.53 Å². The Morgan fingerprint density at radius 1 is 1.55 bits per heavy atom. The molecule has 0 aliphatic heterocycles. The number of nitrogens with one attached hydrogen (secondary N) is 1. The number of aryl methyl sites for hydroxylation is 1. The topological polar surface area (TPSA) is 46.5 Å². The van der Waals surface area contributed by atoms with Crippen molar-refractivity contribution in [3.05, 3.63) is 24.0 Å². The van der Waals surface area contributed by atoms with Crippen LogP contribution in [0.5, 0.6) is 0 Å². The predicted molar refractivity (Wildman–Crippen MR) is 80.5 cm³/mol. The van der Waals surface area contributed by atoms with Crippen LogP contribution in [0.15, 0.2) is 18.3 Å². The van der Waals surface area contributed by atoms with Gasteiger partial charge in [0.2, 0.25) is 5.91 Å². The second-order valence-corrected chi connectivity index (χ2v) is 5.11. The van der Waals surface area contributed by atoms with E-state index < -0.39 is 0 Å². The summed E-state index contributed by atoms with van der Waals surface area (Å²) >= 11 is 0. The molecule has 1 amide bonds. The van der Waals surface area contributed by atoms with Gasteiger partial charge in [-0.15, -0.1) is 0 Å². The molecule has 0 spiro atoms.